The van der Waals surface area contributed by atoms with E-state index in [1.54, 1.807) is 0 Å². The predicted molar refractivity (Wildman–Crippen MR) is 104 cm³/mol. The molecule has 0 spiro atoms. The third-order valence-electron chi connectivity index (χ3n) is 5.59. The van der Waals surface area contributed by atoms with Crippen LogP contribution in [0.3, 0.4) is 0 Å². The first-order chi connectivity index (χ1) is 14.9. The van der Waals surface area contributed by atoms with E-state index in [1.807, 2.05) is 0 Å². The van der Waals surface area contributed by atoms with Gasteiger partial charge in [0.1, 0.15) is 5.41 Å². The topological polar surface area (TPSA) is 114 Å². The number of carboxylic acids is 1. The monoisotopic (exact) mass is 476 g/mol. The van der Waals surface area contributed by atoms with Gasteiger partial charge in [-0.2, -0.15) is 26.3 Å². The molecule has 0 saturated heterocycles. The molecule has 0 fully saturated rings. The van der Waals surface area contributed by atoms with Gasteiger partial charge >= 0.3 is 18.3 Å². The van der Waals surface area contributed by atoms with Gasteiger partial charge in [0.15, 0.2) is 17.2 Å². The number of carboxylic acid groups (broad SMARTS) is 1. The van der Waals surface area contributed by atoms with Crippen molar-refractivity contribution in [3.63, 3.8) is 0 Å². The Morgan fingerprint density at radius 2 is 1.73 bits per heavy atom. The number of nitrogen functional groups attached to an aromatic ring is 1. The van der Waals surface area contributed by atoms with Crippen LogP contribution in [0.4, 0.5) is 32.2 Å². The summed E-state index contributed by atoms with van der Waals surface area (Å²) in [6, 6.07) is 2.98. The van der Waals surface area contributed by atoms with E-state index in [2.05, 4.69) is 9.97 Å². The van der Waals surface area contributed by atoms with Crippen LogP contribution in [0.2, 0.25) is 0 Å². The third kappa shape index (κ3) is 3.65. The maximum atomic E-state index is 14.0. The van der Waals surface area contributed by atoms with Crippen molar-refractivity contribution in [2.45, 2.75) is 38.7 Å². The quantitative estimate of drug-likeness (QED) is 0.488. The average Bonchev–Trinajstić information content (AvgIpc) is 3.10. The number of nitrogens with zero attached hydrogens (tertiary/aromatic N) is 3. The molecule has 0 radical (unpaired) electrons. The maximum Gasteiger partial charge on any atom is 0.434 e. The second kappa shape index (κ2) is 7.33. The van der Waals surface area contributed by atoms with Gasteiger partial charge in [-0.05, 0) is 38.0 Å². The number of alkyl halides is 6. The molecule has 0 amide bonds. The Morgan fingerprint density at radius 1 is 1.12 bits per heavy atom. The summed E-state index contributed by atoms with van der Waals surface area (Å²) in [7, 11) is 0. The Hall–Kier alpha value is -3.35. The standard InChI is InChI=1S/C20H18F6N4O3/c1-9-4-5-10(18(33,20(24,25)26)17(2,3)16(31)32)6-11(9)12-7-28-15-14(27)29-13(8-30(12)15)19(21,22)23/h4-8,33H,1-3H3,(H2,27,29)(H,31,32). The molecule has 4 N–H and O–H groups in total. The fourth-order valence-corrected chi connectivity index (χ4v) is 3.50. The Bertz CT molecular complexity index is 1250. The highest BCUT2D eigenvalue weighted by Crippen LogP contribution is 2.51. The number of aryl methyl sites for hydroxylation is 1. The number of anilines is 1. The van der Waals surface area contributed by atoms with E-state index in [-0.39, 0.29) is 16.9 Å². The lowest BCUT2D eigenvalue weighted by atomic mass is 9.69. The molecular weight excluding hydrogens is 458 g/mol. The highest BCUT2D eigenvalue weighted by molar-refractivity contribution is 5.77. The van der Waals surface area contributed by atoms with Crippen molar-refractivity contribution in [2.24, 2.45) is 5.41 Å². The normalized spacial score (nSPS) is 15.0. The van der Waals surface area contributed by atoms with Crippen molar-refractivity contribution in [3.8, 4) is 11.3 Å². The number of hydrogen-bond donors (Lipinski definition) is 3. The second-order valence-electron chi connectivity index (χ2n) is 8.01. The molecule has 1 aromatic carbocycles. The summed E-state index contributed by atoms with van der Waals surface area (Å²) < 4.78 is 82.6. The number of halogens is 6. The number of imidazole rings is 1. The molecule has 0 bridgehead atoms. The van der Waals surface area contributed by atoms with Crippen LogP contribution < -0.4 is 5.73 Å². The minimum atomic E-state index is -5.40. The van der Waals surface area contributed by atoms with E-state index in [0.717, 1.165) is 36.6 Å². The Kier molecular flexibility index (Phi) is 5.40. The Morgan fingerprint density at radius 3 is 2.24 bits per heavy atom. The molecule has 1 atom stereocenters. The smallest absolute Gasteiger partial charge is 0.434 e. The minimum Gasteiger partial charge on any atom is -0.481 e. The first-order valence-corrected chi connectivity index (χ1v) is 9.27. The van der Waals surface area contributed by atoms with Crippen molar-refractivity contribution < 1.29 is 41.4 Å². The molecule has 7 nitrogen and oxygen atoms in total. The number of carbonyl (C=O) groups is 1. The summed E-state index contributed by atoms with van der Waals surface area (Å²) in [6.07, 6.45) is -8.58. The van der Waals surface area contributed by atoms with Gasteiger partial charge < -0.3 is 15.9 Å². The molecule has 1 unspecified atom stereocenters. The van der Waals surface area contributed by atoms with Gasteiger partial charge in [-0.25, -0.2) is 9.97 Å². The highest BCUT2D eigenvalue weighted by atomic mass is 19.4. The van der Waals surface area contributed by atoms with Crippen LogP contribution in [0.15, 0.2) is 30.6 Å². The number of nitrogens with two attached hydrogens (primary N) is 1. The van der Waals surface area contributed by atoms with E-state index in [9.17, 15) is 41.4 Å². The SMILES string of the molecule is Cc1ccc(C(O)(C(F)(F)F)C(C)(C)C(=O)O)cc1-c1cnc2c(N)nc(C(F)(F)F)cn12. The molecule has 178 valence electrons. The fraction of sp³-hybridized carbons (Fsp3) is 0.350. The number of aliphatic hydroxyl groups is 1. The average molecular weight is 476 g/mol. The second-order valence-corrected chi connectivity index (χ2v) is 8.01. The lowest BCUT2D eigenvalue weighted by Gasteiger charge is -2.41. The van der Waals surface area contributed by atoms with E-state index >= 15 is 0 Å². The lowest BCUT2D eigenvalue weighted by molar-refractivity contribution is -0.302. The fourth-order valence-electron chi connectivity index (χ4n) is 3.50. The zero-order chi connectivity index (χ0) is 25.1. The summed E-state index contributed by atoms with van der Waals surface area (Å²) >= 11 is 0. The molecule has 13 heteroatoms. The molecule has 3 rings (SSSR count). The first kappa shape index (κ1) is 24.3. The van der Waals surface area contributed by atoms with E-state index < -0.39 is 46.4 Å². The van der Waals surface area contributed by atoms with Crippen molar-refractivity contribution in [1.29, 1.82) is 0 Å². The zero-order valence-corrected chi connectivity index (χ0v) is 17.4. The summed E-state index contributed by atoms with van der Waals surface area (Å²) in [6.45, 7) is 2.92. The van der Waals surface area contributed by atoms with Gasteiger partial charge in [-0.1, -0.05) is 12.1 Å². The van der Waals surface area contributed by atoms with Gasteiger partial charge in [0.2, 0.25) is 5.60 Å². The third-order valence-corrected chi connectivity index (χ3v) is 5.59. The summed E-state index contributed by atoms with van der Waals surface area (Å²) in [5.41, 5.74) is -3.05. The summed E-state index contributed by atoms with van der Waals surface area (Å²) in [4.78, 5) is 18.8. The van der Waals surface area contributed by atoms with E-state index in [0.29, 0.717) is 11.8 Å². The van der Waals surface area contributed by atoms with Gasteiger partial charge in [-0.3, -0.25) is 9.20 Å². The first-order valence-electron chi connectivity index (χ1n) is 9.27. The maximum absolute atomic E-state index is 14.0. The number of aromatic nitrogens is 3. The summed E-state index contributed by atoms with van der Waals surface area (Å²) in [5, 5.41) is 20.1. The number of benzene rings is 1. The summed E-state index contributed by atoms with van der Waals surface area (Å²) in [5.74, 6) is -2.46. The van der Waals surface area contributed by atoms with E-state index in [1.165, 1.54) is 13.0 Å². The molecule has 0 aliphatic rings. The molecule has 0 saturated carbocycles. The van der Waals surface area contributed by atoms with Crippen molar-refractivity contribution in [1.82, 2.24) is 14.4 Å². The van der Waals surface area contributed by atoms with E-state index in [4.69, 9.17) is 5.73 Å². The van der Waals surface area contributed by atoms with Crippen LogP contribution in [0.5, 0.6) is 0 Å². The van der Waals surface area contributed by atoms with Gasteiger partial charge in [0.05, 0.1) is 11.9 Å². The molecule has 33 heavy (non-hydrogen) atoms. The predicted octanol–water partition coefficient (Wildman–Crippen LogP) is 4.17. The van der Waals surface area contributed by atoms with Gasteiger partial charge in [0, 0.05) is 11.8 Å². The number of aliphatic carboxylic acids is 1. The van der Waals surface area contributed by atoms with Crippen LogP contribution in [0.1, 0.15) is 30.7 Å². The Labute approximate surface area is 182 Å². The van der Waals surface area contributed by atoms with Gasteiger partial charge in [-0.15, -0.1) is 0 Å². The molecular formula is C20H18F6N4O3. The van der Waals surface area contributed by atoms with Crippen LogP contribution in [-0.2, 0) is 16.6 Å². The Balaban J connectivity index is 2.33. The van der Waals surface area contributed by atoms with Crippen LogP contribution in [-0.4, -0.2) is 36.7 Å². The van der Waals surface area contributed by atoms with Crippen LogP contribution in [0.25, 0.3) is 16.9 Å². The number of hydrogen-bond acceptors (Lipinski definition) is 5. The number of fused-ring (bicyclic) bond motifs is 1. The van der Waals surface area contributed by atoms with Crippen molar-refractivity contribution in [2.75, 3.05) is 5.73 Å². The van der Waals surface area contributed by atoms with Gasteiger partial charge in [0.25, 0.3) is 0 Å². The van der Waals surface area contributed by atoms with Crippen molar-refractivity contribution in [3.05, 3.63) is 47.4 Å². The van der Waals surface area contributed by atoms with Crippen LogP contribution >= 0.6 is 0 Å². The minimum absolute atomic E-state index is 0.0254. The molecule has 2 aromatic heterocycles. The largest absolute Gasteiger partial charge is 0.481 e. The highest BCUT2D eigenvalue weighted by Gasteiger charge is 2.66. The molecule has 3 aromatic rings. The zero-order valence-electron chi connectivity index (χ0n) is 17.4. The molecule has 0 aliphatic carbocycles. The van der Waals surface area contributed by atoms with Crippen molar-refractivity contribution >= 4 is 17.4 Å². The number of rotatable bonds is 4. The lowest BCUT2D eigenvalue weighted by Crippen LogP contribution is -2.56. The molecule has 0 aliphatic heterocycles. The van der Waals surface area contributed by atoms with Crippen LogP contribution in [0, 0.1) is 12.3 Å². The molecule has 2 heterocycles.